The lowest BCUT2D eigenvalue weighted by Crippen LogP contribution is -2.03. The molecule has 2 rings (SSSR count). The van der Waals surface area contributed by atoms with E-state index in [1.807, 2.05) is 0 Å². The highest BCUT2D eigenvalue weighted by Crippen LogP contribution is 2.26. The average Bonchev–Trinajstić information content (AvgIpc) is 2.31. The number of hydrogen-bond donors (Lipinski definition) is 1. The molecule has 0 aliphatic heterocycles. The maximum Gasteiger partial charge on any atom is 0.147 e. The average molecular weight is 333 g/mol. The van der Waals surface area contributed by atoms with Gasteiger partial charge in [-0.1, -0.05) is 39.7 Å². The van der Waals surface area contributed by atoms with Crippen molar-refractivity contribution in [2.75, 3.05) is 5.32 Å². The van der Waals surface area contributed by atoms with E-state index in [1.54, 1.807) is 12.1 Å². The van der Waals surface area contributed by atoms with Crippen LogP contribution in [0.25, 0.3) is 0 Å². The van der Waals surface area contributed by atoms with Gasteiger partial charge in [-0.05, 0) is 29.8 Å². The van der Waals surface area contributed by atoms with Crippen LogP contribution in [0.1, 0.15) is 5.56 Å². The number of nitrogens with one attached hydrogen (secondary N) is 1. The summed E-state index contributed by atoms with van der Waals surface area (Å²) in [6.45, 7) is 0.349. The molecule has 0 atom stereocenters. The van der Waals surface area contributed by atoms with Crippen LogP contribution < -0.4 is 5.32 Å². The summed E-state index contributed by atoms with van der Waals surface area (Å²) in [6, 6.07) is 8.81. The molecule has 0 saturated heterocycles. The quantitative estimate of drug-likeness (QED) is 0.834. The third-order valence-corrected chi connectivity index (χ3v) is 3.49. The van der Waals surface area contributed by atoms with E-state index in [4.69, 9.17) is 11.6 Å². The van der Waals surface area contributed by atoms with Gasteiger partial charge in [-0.25, -0.2) is 8.78 Å². The van der Waals surface area contributed by atoms with Gasteiger partial charge in [0.15, 0.2) is 0 Å². The van der Waals surface area contributed by atoms with Crippen molar-refractivity contribution in [3.05, 3.63) is 63.1 Å². The molecular formula is C13H9BrClF2N. The van der Waals surface area contributed by atoms with Crippen molar-refractivity contribution >= 4 is 33.2 Å². The van der Waals surface area contributed by atoms with Crippen LogP contribution in [0.5, 0.6) is 0 Å². The van der Waals surface area contributed by atoms with Gasteiger partial charge in [-0.15, -0.1) is 0 Å². The van der Waals surface area contributed by atoms with Gasteiger partial charge >= 0.3 is 0 Å². The zero-order chi connectivity index (χ0) is 13.1. The number of halogens is 4. The molecule has 0 aliphatic rings. The Bertz CT molecular complexity index is 555. The summed E-state index contributed by atoms with van der Waals surface area (Å²) >= 11 is 9.14. The van der Waals surface area contributed by atoms with Crippen LogP contribution in [0.3, 0.4) is 0 Å². The molecular weight excluding hydrogens is 324 g/mol. The second-order valence-electron chi connectivity index (χ2n) is 3.69. The van der Waals surface area contributed by atoms with Gasteiger partial charge in [-0.3, -0.25) is 0 Å². The third-order valence-electron chi connectivity index (χ3n) is 2.43. The maximum atomic E-state index is 13.5. The number of benzene rings is 2. The summed E-state index contributed by atoms with van der Waals surface area (Å²) in [5, 5.41) is 3.21. The van der Waals surface area contributed by atoms with Crippen molar-refractivity contribution < 1.29 is 8.78 Å². The van der Waals surface area contributed by atoms with Gasteiger partial charge in [0, 0.05) is 11.0 Å². The first kappa shape index (κ1) is 13.3. The van der Waals surface area contributed by atoms with Crippen molar-refractivity contribution in [1.29, 1.82) is 0 Å². The molecule has 0 heterocycles. The first-order valence-corrected chi connectivity index (χ1v) is 6.37. The van der Waals surface area contributed by atoms with Gasteiger partial charge in [0.05, 0.1) is 10.7 Å². The second kappa shape index (κ2) is 5.67. The maximum absolute atomic E-state index is 13.5. The summed E-state index contributed by atoms with van der Waals surface area (Å²) < 4.78 is 27.0. The molecule has 94 valence electrons. The Morgan fingerprint density at radius 2 is 1.94 bits per heavy atom. The fourth-order valence-electron chi connectivity index (χ4n) is 1.52. The lowest BCUT2D eigenvalue weighted by Gasteiger charge is -2.10. The fraction of sp³-hybridized carbons (Fsp3) is 0.0769. The van der Waals surface area contributed by atoms with Gasteiger partial charge in [0.1, 0.15) is 11.6 Å². The zero-order valence-corrected chi connectivity index (χ0v) is 11.5. The topological polar surface area (TPSA) is 12.0 Å². The lowest BCUT2D eigenvalue weighted by atomic mass is 10.2. The van der Waals surface area contributed by atoms with Gasteiger partial charge in [0.2, 0.25) is 0 Å². The van der Waals surface area contributed by atoms with E-state index in [-0.39, 0.29) is 11.5 Å². The fourth-order valence-corrected chi connectivity index (χ4v) is 2.24. The Labute approximate surface area is 117 Å². The summed E-state index contributed by atoms with van der Waals surface area (Å²) in [7, 11) is 0. The molecule has 1 nitrogen and oxygen atoms in total. The molecule has 0 aromatic heterocycles. The third kappa shape index (κ3) is 3.00. The SMILES string of the molecule is Fc1ccc(CNc2c(F)cccc2Cl)c(Br)c1. The van der Waals surface area contributed by atoms with E-state index in [0.717, 1.165) is 5.56 Å². The predicted octanol–water partition coefficient (Wildman–Crippen LogP) is 4.99. The molecule has 0 saturated carbocycles. The molecule has 0 fully saturated rings. The van der Waals surface area contributed by atoms with E-state index >= 15 is 0 Å². The molecule has 2 aromatic rings. The normalized spacial score (nSPS) is 10.4. The highest BCUT2D eigenvalue weighted by Gasteiger charge is 2.07. The van der Waals surface area contributed by atoms with Gasteiger partial charge in [-0.2, -0.15) is 0 Å². The smallest absolute Gasteiger partial charge is 0.147 e. The predicted molar refractivity (Wildman–Crippen MR) is 72.8 cm³/mol. The standard InChI is InChI=1S/C13H9BrClF2N/c14-10-6-9(16)5-4-8(10)7-18-13-11(15)2-1-3-12(13)17/h1-6,18H,7H2. The van der Waals surface area contributed by atoms with Gasteiger partial charge < -0.3 is 5.32 Å². The minimum atomic E-state index is -0.416. The molecule has 0 bridgehead atoms. The molecule has 0 aliphatic carbocycles. The summed E-state index contributed by atoms with van der Waals surface area (Å²) in [5.41, 5.74) is 1.06. The molecule has 0 radical (unpaired) electrons. The second-order valence-corrected chi connectivity index (χ2v) is 4.95. The van der Waals surface area contributed by atoms with Crippen molar-refractivity contribution in [2.45, 2.75) is 6.54 Å². The lowest BCUT2D eigenvalue weighted by molar-refractivity contribution is 0.625. The summed E-state index contributed by atoms with van der Waals surface area (Å²) in [4.78, 5) is 0. The monoisotopic (exact) mass is 331 g/mol. The molecule has 5 heteroatoms. The first-order chi connectivity index (χ1) is 8.58. The van der Waals surface area contributed by atoms with Crippen molar-refractivity contribution in [2.24, 2.45) is 0 Å². The van der Waals surface area contributed by atoms with E-state index < -0.39 is 5.82 Å². The number of anilines is 1. The van der Waals surface area contributed by atoms with Crippen molar-refractivity contribution in [3.63, 3.8) is 0 Å². The van der Waals surface area contributed by atoms with E-state index in [0.29, 0.717) is 16.0 Å². The van der Waals surface area contributed by atoms with Gasteiger partial charge in [0.25, 0.3) is 0 Å². The summed E-state index contributed by atoms with van der Waals surface area (Å²) in [6.07, 6.45) is 0. The Hall–Kier alpha value is -1.13. The van der Waals surface area contributed by atoms with E-state index in [1.165, 1.54) is 24.3 Å². The molecule has 2 aromatic carbocycles. The minimum Gasteiger partial charge on any atom is -0.377 e. The van der Waals surface area contributed by atoms with E-state index in [9.17, 15) is 8.78 Å². The van der Waals surface area contributed by atoms with Crippen LogP contribution in [0.2, 0.25) is 5.02 Å². The van der Waals surface area contributed by atoms with Crippen LogP contribution in [0.4, 0.5) is 14.5 Å². The zero-order valence-electron chi connectivity index (χ0n) is 9.18. The van der Waals surface area contributed by atoms with Crippen LogP contribution in [0.15, 0.2) is 40.9 Å². The Balaban J connectivity index is 2.16. The minimum absolute atomic E-state index is 0.246. The van der Waals surface area contributed by atoms with Crippen LogP contribution in [0, 0.1) is 11.6 Å². The molecule has 0 unspecified atom stereocenters. The summed E-state index contributed by atoms with van der Waals surface area (Å²) in [5.74, 6) is -0.740. The van der Waals surface area contributed by atoms with Crippen LogP contribution in [-0.4, -0.2) is 0 Å². The van der Waals surface area contributed by atoms with Crippen LogP contribution in [-0.2, 0) is 6.54 Å². The largest absolute Gasteiger partial charge is 0.377 e. The Morgan fingerprint density at radius 1 is 1.17 bits per heavy atom. The molecule has 1 N–H and O–H groups in total. The first-order valence-electron chi connectivity index (χ1n) is 5.20. The highest BCUT2D eigenvalue weighted by atomic mass is 79.9. The highest BCUT2D eigenvalue weighted by molar-refractivity contribution is 9.10. The van der Waals surface area contributed by atoms with Crippen molar-refractivity contribution in [3.8, 4) is 0 Å². The van der Waals surface area contributed by atoms with E-state index in [2.05, 4.69) is 21.2 Å². The van der Waals surface area contributed by atoms with Crippen molar-refractivity contribution in [1.82, 2.24) is 0 Å². The number of hydrogen-bond acceptors (Lipinski definition) is 1. The number of para-hydroxylation sites is 1. The number of rotatable bonds is 3. The molecule has 0 spiro atoms. The van der Waals surface area contributed by atoms with Crippen LogP contribution >= 0.6 is 27.5 Å². The molecule has 0 amide bonds. The molecule has 18 heavy (non-hydrogen) atoms. The Morgan fingerprint density at radius 3 is 2.61 bits per heavy atom. The Kier molecular flexibility index (Phi) is 4.19.